The quantitative estimate of drug-likeness (QED) is 0.538. The fourth-order valence-corrected chi connectivity index (χ4v) is 3.61. The average molecular weight is 386 g/mol. The van der Waals surface area contributed by atoms with E-state index >= 15 is 0 Å². The molecule has 5 rings (SSSR count). The van der Waals surface area contributed by atoms with Crippen LogP contribution in [0, 0.1) is 6.92 Å². The summed E-state index contributed by atoms with van der Waals surface area (Å²) in [4.78, 5) is 7.06. The van der Waals surface area contributed by atoms with Gasteiger partial charge in [0.05, 0.1) is 24.6 Å². The highest BCUT2D eigenvalue weighted by Gasteiger charge is 2.18. The molecule has 1 saturated heterocycles. The molecule has 1 aliphatic heterocycles. The summed E-state index contributed by atoms with van der Waals surface area (Å²) < 4.78 is 9.21. The average Bonchev–Trinajstić information content (AvgIpc) is 3.41. The van der Waals surface area contributed by atoms with Crippen molar-refractivity contribution < 1.29 is 4.74 Å². The first-order chi connectivity index (χ1) is 14.2. The lowest BCUT2D eigenvalue weighted by Gasteiger charge is -2.29. The van der Waals surface area contributed by atoms with E-state index in [0.29, 0.717) is 13.2 Å². The molecule has 1 aromatic carbocycles. The number of hydrogen-bond donors (Lipinski definition) is 0. The number of nitrogens with zero attached hydrogens (tertiary/aromatic N) is 6. The number of anilines is 1. The molecule has 0 unspecified atom stereocenters. The second-order valence-corrected chi connectivity index (χ2v) is 7.13. The normalized spacial score (nSPS) is 14.4. The van der Waals surface area contributed by atoms with Gasteiger partial charge in [0.2, 0.25) is 0 Å². The highest BCUT2D eigenvalue weighted by atomic mass is 16.5. The van der Waals surface area contributed by atoms with E-state index in [9.17, 15) is 0 Å². The van der Waals surface area contributed by atoms with Gasteiger partial charge in [-0.25, -0.2) is 9.67 Å². The topological polar surface area (TPSA) is 60.5 Å². The van der Waals surface area contributed by atoms with Gasteiger partial charge < -0.3 is 9.64 Å². The Morgan fingerprint density at radius 1 is 1.07 bits per heavy atom. The molecule has 0 N–H and O–H groups in total. The van der Waals surface area contributed by atoms with Gasteiger partial charge in [0.1, 0.15) is 5.82 Å². The van der Waals surface area contributed by atoms with Gasteiger partial charge in [0, 0.05) is 37.0 Å². The maximum atomic E-state index is 5.52. The van der Waals surface area contributed by atoms with E-state index in [0.717, 1.165) is 47.3 Å². The minimum absolute atomic E-state index is 0.702. The highest BCUT2D eigenvalue weighted by Crippen LogP contribution is 2.24. The Hall–Kier alpha value is -3.45. The van der Waals surface area contributed by atoms with Crippen LogP contribution >= 0.6 is 0 Å². The van der Waals surface area contributed by atoms with Crippen LogP contribution in [-0.4, -0.2) is 50.7 Å². The molecular formula is C22H22N6O. The molecule has 146 valence electrons. The monoisotopic (exact) mass is 386 g/mol. The van der Waals surface area contributed by atoms with Crippen molar-refractivity contribution in [3.05, 3.63) is 66.5 Å². The molecule has 3 aromatic heterocycles. The summed E-state index contributed by atoms with van der Waals surface area (Å²) in [5.74, 6) is 1.74. The lowest BCUT2D eigenvalue weighted by molar-refractivity contribution is 0.122. The van der Waals surface area contributed by atoms with Crippen LogP contribution in [0.1, 0.15) is 11.3 Å². The third-order valence-electron chi connectivity index (χ3n) is 5.10. The Kier molecular flexibility index (Phi) is 4.37. The van der Waals surface area contributed by atoms with Crippen molar-refractivity contribution in [2.75, 3.05) is 31.2 Å². The Balaban J connectivity index is 1.60. The van der Waals surface area contributed by atoms with Crippen molar-refractivity contribution in [3.8, 4) is 17.1 Å². The molecule has 0 saturated carbocycles. The predicted molar refractivity (Wildman–Crippen MR) is 113 cm³/mol. The second-order valence-electron chi connectivity index (χ2n) is 7.13. The maximum absolute atomic E-state index is 5.52. The molecule has 0 radical (unpaired) electrons. The molecule has 1 aliphatic rings. The third-order valence-corrected chi connectivity index (χ3v) is 5.10. The lowest BCUT2D eigenvalue weighted by atomic mass is 10.1. The maximum Gasteiger partial charge on any atom is 0.160 e. The van der Waals surface area contributed by atoms with E-state index in [1.807, 2.05) is 39.7 Å². The molecule has 0 atom stereocenters. The lowest BCUT2D eigenvalue weighted by Crippen LogP contribution is -2.37. The fraction of sp³-hybridized carbons (Fsp3) is 0.227. The summed E-state index contributed by atoms with van der Waals surface area (Å²) in [6.07, 6.45) is 3.69. The zero-order valence-corrected chi connectivity index (χ0v) is 16.3. The van der Waals surface area contributed by atoms with Gasteiger partial charge in [0.15, 0.2) is 11.5 Å². The molecule has 4 heterocycles. The minimum atomic E-state index is 0.702. The number of rotatable bonds is 4. The van der Waals surface area contributed by atoms with E-state index in [2.05, 4.69) is 41.7 Å². The predicted octanol–water partition coefficient (Wildman–Crippen LogP) is 3.37. The van der Waals surface area contributed by atoms with E-state index in [-0.39, 0.29) is 0 Å². The van der Waals surface area contributed by atoms with Gasteiger partial charge in [-0.3, -0.25) is 0 Å². The first kappa shape index (κ1) is 17.6. The van der Waals surface area contributed by atoms with Crippen LogP contribution in [0.4, 0.5) is 5.82 Å². The van der Waals surface area contributed by atoms with Crippen LogP contribution in [0.15, 0.2) is 55.2 Å². The SMILES string of the molecule is C=Cc1cc2nc(-n3ccc(-c4cccc(C)c4)n3)cc(N3CCOCC3)n2n1. The largest absolute Gasteiger partial charge is 0.378 e. The van der Waals surface area contributed by atoms with Crippen LogP contribution in [0.5, 0.6) is 0 Å². The van der Waals surface area contributed by atoms with Crippen molar-refractivity contribution in [2.24, 2.45) is 0 Å². The molecule has 0 spiro atoms. The van der Waals surface area contributed by atoms with Gasteiger partial charge in [-0.2, -0.15) is 14.7 Å². The Morgan fingerprint density at radius 3 is 2.72 bits per heavy atom. The van der Waals surface area contributed by atoms with Gasteiger partial charge in [-0.15, -0.1) is 0 Å². The van der Waals surface area contributed by atoms with E-state index in [4.69, 9.17) is 14.8 Å². The summed E-state index contributed by atoms with van der Waals surface area (Å²) >= 11 is 0. The van der Waals surface area contributed by atoms with Crippen LogP contribution < -0.4 is 4.90 Å². The molecular weight excluding hydrogens is 364 g/mol. The molecule has 0 aliphatic carbocycles. The third kappa shape index (κ3) is 3.30. The van der Waals surface area contributed by atoms with E-state index in [1.165, 1.54) is 5.56 Å². The summed E-state index contributed by atoms with van der Waals surface area (Å²) in [5, 5.41) is 9.40. The summed E-state index contributed by atoms with van der Waals surface area (Å²) in [6, 6.07) is 14.3. The molecule has 4 aromatic rings. The Bertz CT molecular complexity index is 1190. The Labute approximate surface area is 168 Å². The smallest absolute Gasteiger partial charge is 0.160 e. The zero-order chi connectivity index (χ0) is 19.8. The van der Waals surface area contributed by atoms with Crippen molar-refractivity contribution in [1.82, 2.24) is 24.4 Å². The number of hydrogen-bond acceptors (Lipinski definition) is 5. The highest BCUT2D eigenvalue weighted by molar-refractivity contribution is 5.61. The molecule has 7 nitrogen and oxygen atoms in total. The number of morpholine rings is 1. The van der Waals surface area contributed by atoms with E-state index in [1.54, 1.807) is 6.08 Å². The Morgan fingerprint density at radius 2 is 1.93 bits per heavy atom. The molecule has 0 amide bonds. The van der Waals surface area contributed by atoms with Crippen LogP contribution in [0.25, 0.3) is 28.8 Å². The van der Waals surface area contributed by atoms with Gasteiger partial charge in [-0.05, 0) is 25.1 Å². The first-order valence-corrected chi connectivity index (χ1v) is 9.70. The fourth-order valence-electron chi connectivity index (χ4n) is 3.61. The summed E-state index contributed by atoms with van der Waals surface area (Å²) in [5.41, 5.74) is 4.79. The molecule has 0 bridgehead atoms. The minimum Gasteiger partial charge on any atom is -0.378 e. The van der Waals surface area contributed by atoms with E-state index < -0.39 is 0 Å². The van der Waals surface area contributed by atoms with Crippen molar-refractivity contribution in [2.45, 2.75) is 6.92 Å². The van der Waals surface area contributed by atoms with Crippen LogP contribution in [0.3, 0.4) is 0 Å². The standard InChI is InChI=1S/C22H22N6O/c1-3-18-14-21-23-20(15-22(28(21)24-18)26-9-11-29-12-10-26)27-8-7-19(25-27)17-6-4-5-16(2)13-17/h3-8,13-15H,1,9-12H2,2H3. The van der Waals surface area contributed by atoms with Crippen molar-refractivity contribution in [3.63, 3.8) is 0 Å². The molecule has 7 heteroatoms. The second kappa shape index (κ2) is 7.18. The van der Waals surface area contributed by atoms with Gasteiger partial charge in [-0.1, -0.05) is 30.3 Å². The molecule has 29 heavy (non-hydrogen) atoms. The number of benzene rings is 1. The van der Waals surface area contributed by atoms with Gasteiger partial charge in [0.25, 0.3) is 0 Å². The summed E-state index contributed by atoms with van der Waals surface area (Å²) in [7, 11) is 0. The van der Waals surface area contributed by atoms with Crippen molar-refractivity contribution >= 4 is 17.5 Å². The number of ether oxygens (including phenoxy) is 1. The molecule has 1 fully saturated rings. The van der Waals surface area contributed by atoms with Crippen LogP contribution in [-0.2, 0) is 4.74 Å². The number of aryl methyl sites for hydroxylation is 1. The zero-order valence-electron chi connectivity index (χ0n) is 16.3. The number of aromatic nitrogens is 5. The first-order valence-electron chi connectivity index (χ1n) is 9.70. The summed E-state index contributed by atoms with van der Waals surface area (Å²) in [6.45, 7) is 8.96. The number of fused-ring (bicyclic) bond motifs is 1. The van der Waals surface area contributed by atoms with Gasteiger partial charge >= 0.3 is 0 Å². The van der Waals surface area contributed by atoms with Crippen molar-refractivity contribution in [1.29, 1.82) is 0 Å². The van der Waals surface area contributed by atoms with Crippen LogP contribution in [0.2, 0.25) is 0 Å².